The van der Waals surface area contributed by atoms with Crippen LogP contribution in [0.25, 0.3) is 10.9 Å². The number of fused-ring (bicyclic) bond motifs is 1. The lowest BCUT2D eigenvalue weighted by Gasteiger charge is -2.35. The van der Waals surface area contributed by atoms with Gasteiger partial charge in [0, 0.05) is 44.7 Å². The molecule has 0 saturated carbocycles. The molecule has 0 spiro atoms. The Hall–Kier alpha value is -3.37. The molecule has 158 valence electrons. The second kappa shape index (κ2) is 7.81. The number of piperazine rings is 1. The number of alkyl halides is 3. The molecule has 4 rings (SSSR count). The van der Waals surface area contributed by atoms with Gasteiger partial charge in [0.25, 0.3) is 5.91 Å². The number of benzene rings is 1. The van der Waals surface area contributed by atoms with Crippen molar-refractivity contribution in [2.24, 2.45) is 7.05 Å². The second-order valence-corrected chi connectivity index (χ2v) is 6.89. The van der Waals surface area contributed by atoms with E-state index in [1.807, 2.05) is 29.2 Å². The Morgan fingerprint density at radius 2 is 1.87 bits per heavy atom. The number of rotatable bonds is 4. The number of ether oxygens (including phenoxy) is 1. The summed E-state index contributed by atoms with van der Waals surface area (Å²) >= 11 is 0. The number of hydrogen-bond donors (Lipinski definition) is 0. The van der Waals surface area contributed by atoms with Gasteiger partial charge in [-0.3, -0.25) is 9.48 Å². The molecule has 2 aromatic heterocycles. The van der Waals surface area contributed by atoms with Gasteiger partial charge in [0.05, 0.1) is 5.52 Å². The van der Waals surface area contributed by atoms with Crippen LogP contribution in [0.3, 0.4) is 0 Å². The van der Waals surface area contributed by atoms with Gasteiger partial charge in [-0.05, 0) is 6.07 Å². The van der Waals surface area contributed by atoms with Crippen molar-refractivity contribution in [3.63, 3.8) is 0 Å². The van der Waals surface area contributed by atoms with E-state index in [1.165, 1.54) is 12.4 Å². The van der Waals surface area contributed by atoms with Crippen LogP contribution in [0, 0.1) is 0 Å². The van der Waals surface area contributed by atoms with Gasteiger partial charge < -0.3 is 14.5 Å². The van der Waals surface area contributed by atoms with Crippen LogP contribution in [0.2, 0.25) is 0 Å². The molecule has 8 nitrogen and oxygen atoms in total. The van der Waals surface area contributed by atoms with Crippen LogP contribution < -0.4 is 9.64 Å². The second-order valence-electron chi connectivity index (χ2n) is 6.89. The van der Waals surface area contributed by atoms with Gasteiger partial charge in [-0.1, -0.05) is 18.2 Å². The normalized spacial score (nSPS) is 14.9. The first-order valence-electron chi connectivity index (χ1n) is 9.29. The van der Waals surface area contributed by atoms with Crippen molar-refractivity contribution in [1.82, 2.24) is 24.6 Å². The maximum atomic E-state index is 13.1. The van der Waals surface area contributed by atoms with Crippen molar-refractivity contribution in [3.8, 4) is 5.88 Å². The minimum absolute atomic E-state index is 0.109. The van der Waals surface area contributed by atoms with Gasteiger partial charge in [-0.25, -0.2) is 9.97 Å². The molecule has 0 aliphatic carbocycles. The lowest BCUT2D eigenvalue weighted by Crippen LogP contribution is -2.49. The zero-order valence-corrected chi connectivity index (χ0v) is 16.1. The Labute approximate surface area is 169 Å². The molecule has 1 aliphatic rings. The average Bonchev–Trinajstić information content (AvgIpc) is 3.07. The number of nitrogens with zero attached hydrogens (tertiary/aromatic N) is 6. The molecule has 0 unspecified atom stereocenters. The third kappa shape index (κ3) is 4.14. The zero-order valence-electron chi connectivity index (χ0n) is 16.1. The highest BCUT2D eigenvalue weighted by atomic mass is 19.4. The standard InChI is InChI=1S/C19H19F3N6O2/c1-26-17(13-4-2-3-5-14(13)25-26)18(29)28-8-6-27(7-9-28)15-10-16(24-12-23-15)30-11-19(20,21)22/h2-5,10,12H,6-9,11H2,1H3. The van der Waals surface area contributed by atoms with Gasteiger partial charge >= 0.3 is 6.18 Å². The third-order valence-electron chi connectivity index (χ3n) is 4.85. The number of amides is 1. The molecular weight excluding hydrogens is 401 g/mol. The molecule has 1 amide bonds. The van der Waals surface area contributed by atoms with Crippen LogP contribution in [0.5, 0.6) is 5.88 Å². The predicted octanol–water partition coefficient (Wildman–Crippen LogP) is 2.27. The number of hydrogen-bond acceptors (Lipinski definition) is 6. The number of carbonyl (C=O) groups excluding carboxylic acids is 1. The quantitative estimate of drug-likeness (QED) is 0.645. The molecule has 0 atom stereocenters. The van der Waals surface area contributed by atoms with E-state index in [9.17, 15) is 18.0 Å². The fraction of sp³-hybridized carbons (Fsp3) is 0.368. The van der Waals surface area contributed by atoms with E-state index in [4.69, 9.17) is 0 Å². The van der Waals surface area contributed by atoms with Crippen LogP contribution in [-0.2, 0) is 7.05 Å². The minimum atomic E-state index is -4.44. The van der Waals surface area contributed by atoms with E-state index in [0.29, 0.717) is 37.7 Å². The van der Waals surface area contributed by atoms with E-state index in [-0.39, 0.29) is 11.8 Å². The first-order valence-corrected chi connectivity index (χ1v) is 9.29. The molecule has 3 aromatic rings. The largest absolute Gasteiger partial charge is 0.468 e. The fourth-order valence-corrected chi connectivity index (χ4v) is 3.43. The predicted molar refractivity (Wildman–Crippen MR) is 102 cm³/mol. The minimum Gasteiger partial charge on any atom is -0.468 e. The number of halogens is 3. The Morgan fingerprint density at radius 3 is 2.60 bits per heavy atom. The zero-order chi connectivity index (χ0) is 21.3. The van der Waals surface area contributed by atoms with Gasteiger partial charge in [0.2, 0.25) is 5.88 Å². The number of aryl methyl sites for hydroxylation is 1. The Balaban J connectivity index is 1.43. The van der Waals surface area contributed by atoms with E-state index in [1.54, 1.807) is 16.6 Å². The highest BCUT2D eigenvalue weighted by molar-refractivity contribution is 6.05. The summed E-state index contributed by atoms with van der Waals surface area (Å²) < 4.78 is 43.3. The maximum Gasteiger partial charge on any atom is 0.422 e. The van der Waals surface area contributed by atoms with Crippen molar-refractivity contribution < 1.29 is 22.7 Å². The highest BCUT2D eigenvalue weighted by Gasteiger charge is 2.29. The molecule has 1 aliphatic heterocycles. The van der Waals surface area contributed by atoms with Crippen LogP contribution in [0.15, 0.2) is 36.7 Å². The third-order valence-corrected chi connectivity index (χ3v) is 4.85. The number of anilines is 1. The van der Waals surface area contributed by atoms with Crippen molar-refractivity contribution in [2.75, 3.05) is 37.7 Å². The monoisotopic (exact) mass is 420 g/mol. The lowest BCUT2D eigenvalue weighted by molar-refractivity contribution is -0.154. The van der Waals surface area contributed by atoms with Crippen molar-refractivity contribution in [1.29, 1.82) is 0 Å². The maximum absolute atomic E-state index is 13.1. The molecule has 30 heavy (non-hydrogen) atoms. The lowest BCUT2D eigenvalue weighted by atomic mass is 10.2. The van der Waals surface area contributed by atoms with Crippen molar-refractivity contribution in [2.45, 2.75) is 6.18 Å². The Bertz CT molecular complexity index is 1060. The summed E-state index contributed by atoms with van der Waals surface area (Å²) in [4.78, 5) is 24.5. The molecule has 1 aromatic carbocycles. The summed E-state index contributed by atoms with van der Waals surface area (Å²) in [7, 11) is 1.74. The van der Waals surface area contributed by atoms with Gasteiger partial charge in [0.1, 0.15) is 17.8 Å². The van der Waals surface area contributed by atoms with Crippen LogP contribution in [-0.4, -0.2) is 69.5 Å². The summed E-state index contributed by atoms with van der Waals surface area (Å²) in [6, 6.07) is 8.84. The van der Waals surface area contributed by atoms with Gasteiger partial charge in [-0.2, -0.15) is 18.3 Å². The molecule has 0 bridgehead atoms. The molecule has 0 N–H and O–H groups in total. The summed E-state index contributed by atoms with van der Waals surface area (Å²) in [6.07, 6.45) is -3.27. The smallest absolute Gasteiger partial charge is 0.422 e. The van der Waals surface area contributed by atoms with Crippen LogP contribution in [0.1, 0.15) is 10.5 Å². The summed E-state index contributed by atoms with van der Waals surface area (Å²) in [6.45, 7) is 0.445. The summed E-state index contributed by atoms with van der Waals surface area (Å²) in [5, 5.41) is 5.18. The molecule has 3 heterocycles. The summed E-state index contributed by atoms with van der Waals surface area (Å²) in [5.41, 5.74) is 1.29. The van der Waals surface area contributed by atoms with Crippen LogP contribution >= 0.6 is 0 Å². The SMILES string of the molecule is Cn1nc2ccccc2c1C(=O)N1CCN(c2cc(OCC(F)(F)F)ncn2)CC1. The highest BCUT2D eigenvalue weighted by Crippen LogP contribution is 2.23. The van der Waals surface area contributed by atoms with Gasteiger partial charge in [0.15, 0.2) is 6.61 Å². The van der Waals surface area contributed by atoms with E-state index >= 15 is 0 Å². The van der Waals surface area contributed by atoms with E-state index in [0.717, 1.165) is 10.9 Å². The fourth-order valence-electron chi connectivity index (χ4n) is 3.43. The first kappa shape index (κ1) is 19.9. The molecule has 1 fully saturated rings. The Kier molecular flexibility index (Phi) is 5.18. The van der Waals surface area contributed by atoms with Crippen LogP contribution in [0.4, 0.5) is 19.0 Å². The van der Waals surface area contributed by atoms with Crippen molar-refractivity contribution >= 4 is 22.6 Å². The van der Waals surface area contributed by atoms with E-state index < -0.39 is 12.8 Å². The topological polar surface area (TPSA) is 76.4 Å². The Morgan fingerprint density at radius 1 is 1.13 bits per heavy atom. The molecule has 1 saturated heterocycles. The number of aromatic nitrogens is 4. The first-order chi connectivity index (χ1) is 14.3. The summed E-state index contributed by atoms with van der Waals surface area (Å²) in [5.74, 6) is 0.208. The average molecular weight is 420 g/mol. The molecular formula is C19H19F3N6O2. The molecule has 11 heteroatoms. The number of carbonyl (C=O) groups is 1. The molecule has 0 radical (unpaired) electrons. The van der Waals surface area contributed by atoms with E-state index in [2.05, 4.69) is 19.8 Å². The van der Waals surface area contributed by atoms with Gasteiger partial charge in [-0.15, -0.1) is 0 Å². The van der Waals surface area contributed by atoms with Crippen molar-refractivity contribution in [3.05, 3.63) is 42.4 Å².